The Bertz CT molecular complexity index is 1110. The number of nitrogens with one attached hydrogen (secondary N) is 2. The summed E-state index contributed by atoms with van der Waals surface area (Å²) >= 11 is 0. The molecule has 1 saturated heterocycles. The van der Waals surface area contributed by atoms with Crippen molar-refractivity contribution in [1.29, 1.82) is 0 Å². The van der Waals surface area contributed by atoms with Gasteiger partial charge >= 0.3 is 12.0 Å². The van der Waals surface area contributed by atoms with Gasteiger partial charge < -0.3 is 20.3 Å². The number of carbonyl (C=O) groups is 3. The van der Waals surface area contributed by atoms with Gasteiger partial charge in [-0.2, -0.15) is 0 Å². The minimum Gasteiger partial charge on any atom is -0.466 e. The molecule has 2 amide bonds. The van der Waals surface area contributed by atoms with Crippen LogP contribution in [-0.4, -0.2) is 62.5 Å². The average molecular weight is 467 g/mol. The lowest BCUT2D eigenvalue weighted by Crippen LogP contribution is -2.51. The molecule has 0 radical (unpaired) electrons. The van der Waals surface area contributed by atoms with E-state index in [0.717, 1.165) is 31.9 Å². The van der Waals surface area contributed by atoms with Crippen molar-refractivity contribution in [2.45, 2.75) is 13.0 Å². The Hall–Kier alpha value is -3.72. The van der Waals surface area contributed by atoms with E-state index < -0.39 is 23.9 Å². The van der Waals surface area contributed by atoms with Crippen molar-refractivity contribution in [1.82, 2.24) is 15.5 Å². The van der Waals surface area contributed by atoms with Gasteiger partial charge in [-0.15, -0.1) is 0 Å². The van der Waals surface area contributed by atoms with Gasteiger partial charge in [0.25, 0.3) is 0 Å². The van der Waals surface area contributed by atoms with Crippen LogP contribution in [0, 0.1) is 5.82 Å². The molecule has 2 aliphatic rings. The number of esters is 1. The maximum atomic E-state index is 13.4. The highest BCUT2D eigenvalue weighted by molar-refractivity contribution is 5.95. The van der Waals surface area contributed by atoms with E-state index in [-0.39, 0.29) is 5.78 Å². The third-order valence-corrected chi connectivity index (χ3v) is 6.16. The van der Waals surface area contributed by atoms with Crippen molar-refractivity contribution in [3.8, 4) is 0 Å². The van der Waals surface area contributed by atoms with Gasteiger partial charge in [0.05, 0.1) is 18.7 Å². The fourth-order valence-electron chi connectivity index (χ4n) is 4.29. The topological polar surface area (TPSA) is 91.0 Å². The summed E-state index contributed by atoms with van der Waals surface area (Å²) in [6.07, 6.45) is 0. The van der Waals surface area contributed by atoms with Crippen molar-refractivity contribution >= 4 is 23.5 Å². The Morgan fingerprint density at radius 2 is 1.68 bits per heavy atom. The van der Waals surface area contributed by atoms with Crippen molar-refractivity contribution < 1.29 is 23.5 Å². The minimum atomic E-state index is -0.738. The molecule has 9 heteroatoms. The number of ketones is 1. The molecule has 0 unspecified atom stereocenters. The summed E-state index contributed by atoms with van der Waals surface area (Å²) in [7, 11) is 1.29. The van der Waals surface area contributed by atoms with E-state index in [1.165, 1.54) is 19.2 Å². The molecular formula is C25H27FN4O4. The molecule has 0 aliphatic carbocycles. The van der Waals surface area contributed by atoms with Crippen molar-refractivity contribution in [3.63, 3.8) is 0 Å². The summed E-state index contributed by atoms with van der Waals surface area (Å²) in [4.78, 5) is 41.0. The molecule has 2 aromatic rings. The van der Waals surface area contributed by atoms with Gasteiger partial charge in [0.15, 0.2) is 5.78 Å². The van der Waals surface area contributed by atoms with Crippen LogP contribution in [0.25, 0.3) is 0 Å². The Morgan fingerprint density at radius 3 is 2.26 bits per heavy atom. The number of nitrogens with zero attached hydrogens (tertiary/aromatic N) is 2. The highest BCUT2D eigenvalue weighted by Crippen LogP contribution is 2.28. The van der Waals surface area contributed by atoms with Gasteiger partial charge in [-0.3, -0.25) is 9.69 Å². The summed E-state index contributed by atoms with van der Waals surface area (Å²) in [6, 6.07) is 12.1. The molecule has 2 heterocycles. The summed E-state index contributed by atoms with van der Waals surface area (Å²) in [5.41, 5.74) is 3.10. The number of hydrogen-bond donors (Lipinski definition) is 2. The van der Waals surface area contributed by atoms with E-state index in [9.17, 15) is 18.8 Å². The van der Waals surface area contributed by atoms with Crippen LogP contribution < -0.4 is 15.5 Å². The number of rotatable bonds is 6. The molecule has 34 heavy (non-hydrogen) atoms. The molecule has 1 fully saturated rings. The normalized spacial score (nSPS) is 18.9. The van der Waals surface area contributed by atoms with E-state index in [2.05, 4.69) is 20.4 Å². The van der Waals surface area contributed by atoms with Crippen LogP contribution in [0.2, 0.25) is 0 Å². The number of Topliss-reactive ketones (excluding diaryl/α,β-unsaturated/α-hetero) is 1. The van der Waals surface area contributed by atoms with Crippen molar-refractivity contribution in [3.05, 3.63) is 76.7 Å². The minimum absolute atomic E-state index is 0.0361. The van der Waals surface area contributed by atoms with Crippen LogP contribution in [0.3, 0.4) is 0 Å². The predicted molar refractivity (Wildman–Crippen MR) is 125 cm³/mol. The zero-order valence-corrected chi connectivity index (χ0v) is 19.1. The molecule has 8 nitrogen and oxygen atoms in total. The van der Waals surface area contributed by atoms with Crippen molar-refractivity contribution in [2.24, 2.45) is 0 Å². The Balaban J connectivity index is 1.50. The highest BCUT2D eigenvalue weighted by atomic mass is 19.1. The predicted octanol–water partition coefficient (Wildman–Crippen LogP) is 2.63. The number of anilines is 1. The second kappa shape index (κ2) is 10.0. The summed E-state index contributed by atoms with van der Waals surface area (Å²) in [6.45, 7) is 4.87. The highest BCUT2D eigenvalue weighted by Gasteiger charge is 2.34. The number of carbonyl (C=O) groups excluding carboxylic acids is 3. The number of amides is 2. The molecule has 0 saturated carbocycles. The van der Waals surface area contributed by atoms with Gasteiger partial charge in [0.1, 0.15) is 5.82 Å². The third-order valence-electron chi connectivity index (χ3n) is 6.16. The number of ether oxygens (including phenoxy) is 1. The monoisotopic (exact) mass is 466 g/mol. The molecule has 178 valence electrons. The van der Waals surface area contributed by atoms with Crippen LogP contribution in [0.1, 0.15) is 28.9 Å². The third kappa shape index (κ3) is 5.09. The number of halogens is 1. The van der Waals surface area contributed by atoms with E-state index in [4.69, 9.17) is 4.74 Å². The van der Waals surface area contributed by atoms with Crippen LogP contribution in [0.15, 0.2) is 59.8 Å². The first-order valence-electron chi connectivity index (χ1n) is 11.1. The molecule has 2 aliphatic heterocycles. The first-order valence-corrected chi connectivity index (χ1v) is 11.1. The standard InChI is InChI=1S/C25H27FN4O4/c1-16(31)17-5-9-20(10-6-17)30-13-11-29(12-14-30)15-21-22(24(32)34-2)23(28-25(33)27-21)18-3-7-19(26)8-4-18/h3-10,23H,11-15H2,1-2H3,(H2,27,28,33)/t23-/m1/s1. The summed E-state index contributed by atoms with van der Waals surface area (Å²) in [5, 5.41) is 5.51. The lowest BCUT2D eigenvalue weighted by atomic mass is 9.95. The molecule has 4 rings (SSSR count). The Labute approximate surface area is 197 Å². The zero-order chi connectivity index (χ0) is 24.2. The smallest absolute Gasteiger partial charge is 0.338 e. The van der Waals surface area contributed by atoms with E-state index >= 15 is 0 Å². The van der Waals surface area contributed by atoms with Crippen LogP contribution >= 0.6 is 0 Å². The first kappa shape index (κ1) is 23.4. The largest absolute Gasteiger partial charge is 0.466 e. The lowest BCUT2D eigenvalue weighted by Gasteiger charge is -2.38. The number of urea groups is 1. The number of benzene rings is 2. The van der Waals surface area contributed by atoms with Crippen molar-refractivity contribution in [2.75, 3.05) is 44.7 Å². The van der Waals surface area contributed by atoms with E-state index in [1.54, 1.807) is 19.1 Å². The van der Waals surface area contributed by atoms with E-state index in [0.29, 0.717) is 28.9 Å². The molecule has 0 aromatic heterocycles. The number of piperazine rings is 1. The number of methoxy groups -OCH3 is 1. The Morgan fingerprint density at radius 1 is 1.03 bits per heavy atom. The van der Waals surface area contributed by atoms with Gasteiger partial charge in [-0.25, -0.2) is 14.0 Å². The van der Waals surface area contributed by atoms with E-state index in [1.807, 2.05) is 24.3 Å². The molecule has 0 spiro atoms. The molecule has 2 aromatic carbocycles. The molecular weight excluding hydrogens is 439 g/mol. The summed E-state index contributed by atoms with van der Waals surface area (Å²) in [5.74, 6) is -0.920. The second-order valence-electron chi connectivity index (χ2n) is 8.33. The lowest BCUT2D eigenvalue weighted by molar-refractivity contribution is -0.136. The average Bonchev–Trinajstić information content (AvgIpc) is 2.84. The van der Waals surface area contributed by atoms with Gasteiger partial charge in [-0.05, 0) is 48.9 Å². The molecule has 2 N–H and O–H groups in total. The maximum absolute atomic E-state index is 13.4. The van der Waals surface area contributed by atoms with Crippen LogP contribution in [0.4, 0.5) is 14.9 Å². The van der Waals surface area contributed by atoms with Gasteiger partial charge in [0, 0.05) is 49.7 Å². The zero-order valence-electron chi connectivity index (χ0n) is 19.1. The van der Waals surface area contributed by atoms with Crippen LogP contribution in [0.5, 0.6) is 0 Å². The maximum Gasteiger partial charge on any atom is 0.338 e. The first-order chi connectivity index (χ1) is 16.4. The SMILES string of the molecule is COC(=O)C1=C(CN2CCN(c3ccc(C(C)=O)cc3)CC2)NC(=O)N[C@@H]1c1ccc(F)cc1. The quantitative estimate of drug-likeness (QED) is 0.503. The van der Waals surface area contributed by atoms with Gasteiger partial charge in [-0.1, -0.05) is 12.1 Å². The molecule has 0 bridgehead atoms. The van der Waals surface area contributed by atoms with Gasteiger partial charge in [0.2, 0.25) is 0 Å². The molecule has 1 atom stereocenters. The van der Waals surface area contributed by atoms with Crippen LogP contribution in [-0.2, 0) is 9.53 Å². The second-order valence-corrected chi connectivity index (χ2v) is 8.33. The fourth-order valence-corrected chi connectivity index (χ4v) is 4.29. The fraction of sp³-hybridized carbons (Fsp3) is 0.320. The summed E-state index contributed by atoms with van der Waals surface area (Å²) < 4.78 is 18.4. The number of hydrogen-bond acceptors (Lipinski definition) is 6. The Kier molecular flexibility index (Phi) is 6.93.